The van der Waals surface area contributed by atoms with Crippen molar-refractivity contribution >= 4 is 23.3 Å². The molecule has 0 unspecified atom stereocenters. The Hall–Kier alpha value is -1.33. The zero-order valence-electron chi connectivity index (χ0n) is 12.0. The minimum absolute atomic E-state index is 0.0501. The molecule has 0 aliphatic heterocycles. The van der Waals surface area contributed by atoms with Crippen LogP contribution in [-0.4, -0.2) is 47.1 Å². The average molecular weight is 300 g/mol. The van der Waals surface area contributed by atoms with Crippen LogP contribution in [0.25, 0.3) is 0 Å². The molecule has 0 saturated heterocycles. The van der Waals surface area contributed by atoms with E-state index in [1.54, 1.807) is 17.0 Å². The second kappa shape index (κ2) is 8.76. The van der Waals surface area contributed by atoms with Gasteiger partial charge in [0.2, 0.25) is 0 Å². The largest absolute Gasteiger partial charge is 0.395 e. The van der Waals surface area contributed by atoms with Crippen molar-refractivity contribution < 1.29 is 9.90 Å². The highest BCUT2D eigenvalue weighted by Gasteiger charge is 2.16. The molecule has 5 nitrogen and oxygen atoms in total. The molecule has 0 aromatic carbocycles. The predicted molar refractivity (Wildman–Crippen MR) is 81.3 cm³/mol. The van der Waals surface area contributed by atoms with Crippen LogP contribution in [0.4, 0.5) is 5.82 Å². The van der Waals surface area contributed by atoms with Gasteiger partial charge in [0, 0.05) is 25.2 Å². The average Bonchev–Trinajstić information content (AvgIpc) is 2.43. The number of hydrogen-bond acceptors (Lipinski definition) is 4. The molecule has 1 heterocycles. The maximum absolute atomic E-state index is 12.4. The highest BCUT2D eigenvalue weighted by Crippen LogP contribution is 2.16. The van der Waals surface area contributed by atoms with E-state index >= 15 is 0 Å². The molecule has 0 atom stereocenters. The fourth-order valence-corrected chi connectivity index (χ4v) is 2.06. The first-order valence-corrected chi connectivity index (χ1v) is 7.31. The summed E-state index contributed by atoms with van der Waals surface area (Å²) in [6.45, 7) is 5.70. The summed E-state index contributed by atoms with van der Waals surface area (Å²) >= 11 is 5.96. The maximum atomic E-state index is 12.4. The van der Waals surface area contributed by atoms with Gasteiger partial charge in [-0.15, -0.1) is 0 Å². The normalized spacial score (nSPS) is 10.4. The molecule has 0 saturated carbocycles. The van der Waals surface area contributed by atoms with Gasteiger partial charge in [-0.3, -0.25) is 4.79 Å². The van der Waals surface area contributed by atoms with Crippen molar-refractivity contribution in [1.29, 1.82) is 0 Å². The van der Waals surface area contributed by atoms with Gasteiger partial charge in [-0.2, -0.15) is 0 Å². The van der Waals surface area contributed by atoms with Gasteiger partial charge in [-0.05, 0) is 25.0 Å². The molecule has 0 aliphatic rings. The van der Waals surface area contributed by atoms with E-state index in [0.29, 0.717) is 24.5 Å². The SMILES string of the molecule is CCCNc1cc(C(=O)N(CCC)CCO)cc(Cl)n1. The van der Waals surface area contributed by atoms with Crippen LogP contribution in [0.5, 0.6) is 0 Å². The third kappa shape index (κ3) is 4.98. The molecule has 0 bridgehead atoms. The lowest BCUT2D eigenvalue weighted by molar-refractivity contribution is 0.0722. The molecule has 1 aromatic rings. The Morgan fingerprint density at radius 2 is 2.10 bits per heavy atom. The first-order chi connectivity index (χ1) is 9.62. The molecule has 0 aliphatic carbocycles. The quantitative estimate of drug-likeness (QED) is 0.724. The molecule has 1 rings (SSSR count). The monoisotopic (exact) mass is 299 g/mol. The van der Waals surface area contributed by atoms with E-state index in [9.17, 15) is 4.79 Å². The van der Waals surface area contributed by atoms with Crippen molar-refractivity contribution in [2.75, 3.05) is 31.6 Å². The number of nitrogens with one attached hydrogen (secondary N) is 1. The number of carbonyl (C=O) groups is 1. The van der Waals surface area contributed by atoms with E-state index in [1.807, 2.05) is 13.8 Å². The molecule has 1 amide bonds. The Kier molecular flexibility index (Phi) is 7.33. The fraction of sp³-hybridized carbons (Fsp3) is 0.571. The number of nitrogens with zero attached hydrogens (tertiary/aromatic N) is 2. The first kappa shape index (κ1) is 16.7. The van der Waals surface area contributed by atoms with Gasteiger partial charge in [-0.25, -0.2) is 4.98 Å². The van der Waals surface area contributed by atoms with Gasteiger partial charge < -0.3 is 15.3 Å². The van der Waals surface area contributed by atoms with E-state index in [1.165, 1.54) is 0 Å². The molecule has 0 radical (unpaired) electrons. The number of pyridine rings is 1. The lowest BCUT2D eigenvalue weighted by Gasteiger charge is -2.21. The highest BCUT2D eigenvalue weighted by molar-refractivity contribution is 6.29. The van der Waals surface area contributed by atoms with Crippen molar-refractivity contribution in [2.24, 2.45) is 0 Å². The summed E-state index contributed by atoms with van der Waals surface area (Å²) in [6, 6.07) is 3.25. The van der Waals surface area contributed by atoms with Gasteiger partial charge in [0.05, 0.1) is 6.61 Å². The Labute approximate surface area is 125 Å². The third-order valence-corrected chi connectivity index (χ3v) is 2.94. The van der Waals surface area contributed by atoms with Crippen LogP contribution in [0.15, 0.2) is 12.1 Å². The predicted octanol–water partition coefficient (Wildman–Crippen LogP) is 2.40. The molecule has 20 heavy (non-hydrogen) atoms. The Morgan fingerprint density at radius 1 is 1.35 bits per heavy atom. The van der Waals surface area contributed by atoms with E-state index < -0.39 is 0 Å². The van der Waals surface area contributed by atoms with E-state index in [-0.39, 0.29) is 17.7 Å². The zero-order chi connectivity index (χ0) is 15.0. The summed E-state index contributed by atoms with van der Waals surface area (Å²) in [5.74, 6) is 0.466. The summed E-state index contributed by atoms with van der Waals surface area (Å²) in [6.07, 6.45) is 1.80. The summed E-state index contributed by atoms with van der Waals surface area (Å²) in [4.78, 5) is 18.2. The Bertz CT molecular complexity index is 434. The van der Waals surface area contributed by atoms with Crippen LogP contribution in [0, 0.1) is 0 Å². The standard InChI is InChI=1S/C14H22ClN3O2/c1-3-5-16-13-10-11(9-12(15)17-13)14(20)18(6-4-2)7-8-19/h9-10,19H,3-8H2,1-2H3,(H,16,17). The molecule has 1 aromatic heterocycles. The number of aliphatic hydroxyl groups excluding tert-OH is 1. The molecular weight excluding hydrogens is 278 g/mol. The summed E-state index contributed by atoms with van der Waals surface area (Å²) in [7, 11) is 0. The van der Waals surface area contributed by atoms with Crippen LogP contribution in [-0.2, 0) is 0 Å². The van der Waals surface area contributed by atoms with Crippen LogP contribution in [0.1, 0.15) is 37.0 Å². The highest BCUT2D eigenvalue weighted by atomic mass is 35.5. The van der Waals surface area contributed by atoms with Gasteiger partial charge >= 0.3 is 0 Å². The number of aromatic nitrogens is 1. The number of anilines is 1. The van der Waals surface area contributed by atoms with Gasteiger partial charge in [0.15, 0.2) is 0 Å². The van der Waals surface area contributed by atoms with Crippen molar-refractivity contribution in [3.8, 4) is 0 Å². The number of halogens is 1. The van der Waals surface area contributed by atoms with Crippen molar-refractivity contribution in [2.45, 2.75) is 26.7 Å². The molecule has 112 valence electrons. The Balaban J connectivity index is 2.92. The number of hydrogen-bond donors (Lipinski definition) is 2. The summed E-state index contributed by atoms with van der Waals surface area (Å²) in [5.41, 5.74) is 0.491. The van der Waals surface area contributed by atoms with Crippen LogP contribution < -0.4 is 5.32 Å². The van der Waals surface area contributed by atoms with Gasteiger partial charge in [0.25, 0.3) is 5.91 Å². The molecule has 2 N–H and O–H groups in total. The first-order valence-electron chi connectivity index (χ1n) is 6.94. The minimum atomic E-state index is -0.134. The minimum Gasteiger partial charge on any atom is -0.395 e. The second-order valence-electron chi connectivity index (χ2n) is 4.51. The molecule has 0 fully saturated rings. The fourth-order valence-electron chi connectivity index (χ4n) is 1.85. The van der Waals surface area contributed by atoms with E-state index in [2.05, 4.69) is 10.3 Å². The van der Waals surface area contributed by atoms with Crippen molar-refractivity contribution in [3.05, 3.63) is 22.8 Å². The van der Waals surface area contributed by atoms with Gasteiger partial charge in [0.1, 0.15) is 11.0 Å². The number of aliphatic hydroxyl groups is 1. The van der Waals surface area contributed by atoms with E-state index in [0.717, 1.165) is 19.4 Å². The summed E-state index contributed by atoms with van der Waals surface area (Å²) < 4.78 is 0. The van der Waals surface area contributed by atoms with Crippen LogP contribution in [0.3, 0.4) is 0 Å². The van der Waals surface area contributed by atoms with Crippen molar-refractivity contribution in [1.82, 2.24) is 9.88 Å². The lowest BCUT2D eigenvalue weighted by atomic mass is 10.2. The molecular formula is C14H22ClN3O2. The number of carbonyl (C=O) groups excluding carboxylic acids is 1. The smallest absolute Gasteiger partial charge is 0.254 e. The zero-order valence-corrected chi connectivity index (χ0v) is 12.8. The van der Waals surface area contributed by atoms with Gasteiger partial charge in [-0.1, -0.05) is 25.4 Å². The van der Waals surface area contributed by atoms with Crippen LogP contribution >= 0.6 is 11.6 Å². The molecule has 0 spiro atoms. The second-order valence-corrected chi connectivity index (χ2v) is 4.89. The van der Waals surface area contributed by atoms with Crippen LogP contribution in [0.2, 0.25) is 5.15 Å². The van der Waals surface area contributed by atoms with E-state index in [4.69, 9.17) is 16.7 Å². The number of amides is 1. The summed E-state index contributed by atoms with van der Waals surface area (Å²) in [5, 5.41) is 12.4. The third-order valence-electron chi connectivity index (χ3n) is 2.75. The molecule has 6 heteroatoms. The maximum Gasteiger partial charge on any atom is 0.254 e. The number of rotatable bonds is 8. The topological polar surface area (TPSA) is 65.5 Å². The Morgan fingerprint density at radius 3 is 2.70 bits per heavy atom. The lowest BCUT2D eigenvalue weighted by Crippen LogP contribution is -2.34. The van der Waals surface area contributed by atoms with Crippen molar-refractivity contribution in [3.63, 3.8) is 0 Å².